The number of cyclic esters (lactones) is 1. The average Bonchev–Trinajstić information content (AvgIpc) is 3.11. The predicted molar refractivity (Wildman–Crippen MR) is 107 cm³/mol. The third-order valence-electron chi connectivity index (χ3n) is 5.15. The van der Waals surface area contributed by atoms with Crippen LogP contribution in [0.25, 0.3) is 0 Å². The van der Waals surface area contributed by atoms with Gasteiger partial charge in [0.25, 0.3) is 0 Å². The fourth-order valence-corrected chi connectivity index (χ4v) is 4.05. The lowest BCUT2D eigenvalue weighted by Crippen LogP contribution is -2.48. The molecular weight excluding hydrogens is 360 g/mol. The summed E-state index contributed by atoms with van der Waals surface area (Å²) in [5.74, 6) is 0. The van der Waals surface area contributed by atoms with Crippen molar-refractivity contribution in [1.29, 1.82) is 0 Å². The number of amides is 1. The average molecular weight is 382 g/mol. The monoisotopic (exact) mass is 382 g/mol. The van der Waals surface area contributed by atoms with Crippen molar-refractivity contribution in [2.75, 3.05) is 25.0 Å². The molecule has 4 rings (SSSR count). The van der Waals surface area contributed by atoms with Crippen LogP contribution in [-0.4, -0.2) is 51.7 Å². The molecule has 27 heavy (non-hydrogen) atoms. The first-order valence-electron chi connectivity index (χ1n) is 9.18. The Morgan fingerprint density at radius 3 is 2.63 bits per heavy atom. The van der Waals surface area contributed by atoms with Crippen LogP contribution in [0.15, 0.2) is 54.9 Å². The van der Waals surface area contributed by atoms with Gasteiger partial charge in [0, 0.05) is 25.3 Å². The maximum absolute atomic E-state index is 12.4. The van der Waals surface area contributed by atoms with Gasteiger partial charge < -0.3 is 15.0 Å². The van der Waals surface area contributed by atoms with Crippen molar-refractivity contribution in [3.8, 4) is 0 Å². The van der Waals surface area contributed by atoms with Gasteiger partial charge in [-0.2, -0.15) is 0 Å². The molecule has 2 aromatic rings. The van der Waals surface area contributed by atoms with Gasteiger partial charge in [0.05, 0.1) is 17.9 Å². The highest BCUT2D eigenvalue weighted by Crippen LogP contribution is 2.33. The molecule has 0 radical (unpaired) electrons. The Morgan fingerprint density at radius 1 is 1.15 bits per heavy atom. The van der Waals surface area contributed by atoms with Crippen LogP contribution in [0.2, 0.25) is 0 Å². The Balaban J connectivity index is 1.38. The number of pyridine rings is 1. The third-order valence-corrected chi connectivity index (χ3v) is 5.51. The molecule has 0 aliphatic carbocycles. The van der Waals surface area contributed by atoms with E-state index in [4.69, 9.17) is 17.0 Å². The van der Waals surface area contributed by atoms with Crippen LogP contribution in [0.3, 0.4) is 0 Å². The maximum Gasteiger partial charge on any atom is 0.410 e. The molecule has 140 valence electrons. The number of likely N-dealkylation sites (tertiary alicyclic amines) is 1. The molecular formula is C20H22N4O2S. The molecule has 0 bridgehead atoms. The standard InChI is InChI=1S/C20H22N4O2S/c25-20-24(18(14-26-20)15-5-2-1-3-6-15)17-8-11-23(12-9-17)19(27)22-16-7-4-10-21-13-16/h1-7,10,13,17-18H,8-9,11-12,14H2,(H,22,27)/t18-/m0/s1. The Kier molecular flexibility index (Phi) is 5.20. The summed E-state index contributed by atoms with van der Waals surface area (Å²) in [7, 11) is 0. The van der Waals surface area contributed by atoms with E-state index in [9.17, 15) is 4.79 Å². The first-order chi connectivity index (χ1) is 13.2. The van der Waals surface area contributed by atoms with Crippen LogP contribution in [0, 0.1) is 0 Å². The summed E-state index contributed by atoms with van der Waals surface area (Å²) in [6, 6.07) is 14.1. The number of benzene rings is 1. The van der Waals surface area contributed by atoms with E-state index in [-0.39, 0.29) is 18.2 Å². The number of carbonyl (C=O) groups is 1. The predicted octanol–water partition coefficient (Wildman–Crippen LogP) is 3.44. The highest BCUT2D eigenvalue weighted by atomic mass is 32.1. The molecule has 1 aromatic carbocycles. The highest BCUT2D eigenvalue weighted by molar-refractivity contribution is 7.80. The Hall–Kier alpha value is -2.67. The third kappa shape index (κ3) is 3.88. The molecule has 2 aliphatic rings. The zero-order chi connectivity index (χ0) is 18.6. The second kappa shape index (κ2) is 7.92. The number of ether oxygens (including phenoxy) is 1. The minimum absolute atomic E-state index is 0.00396. The molecule has 2 aliphatic heterocycles. The summed E-state index contributed by atoms with van der Waals surface area (Å²) in [4.78, 5) is 20.5. The number of hydrogen-bond acceptors (Lipinski definition) is 4. The fraction of sp³-hybridized carbons (Fsp3) is 0.350. The van der Waals surface area contributed by atoms with Crippen LogP contribution in [-0.2, 0) is 4.74 Å². The van der Waals surface area contributed by atoms with Gasteiger partial charge in [-0.1, -0.05) is 30.3 Å². The van der Waals surface area contributed by atoms with Crippen LogP contribution in [0.1, 0.15) is 24.4 Å². The van der Waals surface area contributed by atoms with Crippen LogP contribution in [0.4, 0.5) is 10.5 Å². The van der Waals surface area contributed by atoms with Crippen molar-refractivity contribution in [2.45, 2.75) is 24.9 Å². The lowest BCUT2D eigenvalue weighted by Gasteiger charge is -2.38. The zero-order valence-electron chi connectivity index (χ0n) is 15.0. The van der Waals surface area contributed by atoms with Crippen molar-refractivity contribution in [2.24, 2.45) is 0 Å². The summed E-state index contributed by atoms with van der Waals surface area (Å²) in [6.45, 7) is 2.04. The molecule has 1 amide bonds. The first kappa shape index (κ1) is 17.7. The smallest absolute Gasteiger partial charge is 0.410 e. The van der Waals surface area contributed by atoms with Gasteiger partial charge in [-0.3, -0.25) is 9.88 Å². The Morgan fingerprint density at radius 2 is 1.93 bits per heavy atom. The fourth-order valence-electron chi connectivity index (χ4n) is 3.75. The summed E-state index contributed by atoms with van der Waals surface area (Å²) in [5.41, 5.74) is 2.01. The number of nitrogens with one attached hydrogen (secondary N) is 1. The van der Waals surface area contributed by atoms with E-state index in [1.165, 1.54) is 0 Å². The van der Waals surface area contributed by atoms with Crippen molar-refractivity contribution in [1.82, 2.24) is 14.8 Å². The summed E-state index contributed by atoms with van der Waals surface area (Å²) in [5, 5.41) is 3.93. The van der Waals surface area contributed by atoms with E-state index in [1.54, 1.807) is 12.4 Å². The SMILES string of the molecule is O=C1OC[C@@H](c2ccccc2)N1C1CCN(C(=S)Nc2cccnc2)CC1. The maximum atomic E-state index is 12.4. The number of anilines is 1. The molecule has 0 spiro atoms. The second-order valence-electron chi connectivity index (χ2n) is 6.80. The van der Waals surface area contributed by atoms with Gasteiger partial charge in [-0.25, -0.2) is 4.79 Å². The molecule has 3 heterocycles. The summed E-state index contributed by atoms with van der Waals surface area (Å²) < 4.78 is 5.37. The molecule has 2 fully saturated rings. The summed E-state index contributed by atoms with van der Waals surface area (Å²) in [6.07, 6.45) is 5.01. The Bertz CT molecular complexity index is 794. The van der Waals surface area contributed by atoms with Crippen LogP contribution in [0.5, 0.6) is 0 Å². The van der Waals surface area contributed by atoms with Crippen LogP contribution < -0.4 is 5.32 Å². The van der Waals surface area contributed by atoms with Crippen molar-refractivity contribution in [3.05, 3.63) is 60.4 Å². The van der Waals surface area contributed by atoms with Crippen molar-refractivity contribution >= 4 is 29.1 Å². The van der Waals surface area contributed by atoms with Crippen molar-refractivity contribution < 1.29 is 9.53 Å². The normalized spacial score (nSPS) is 20.4. The highest BCUT2D eigenvalue weighted by Gasteiger charge is 2.40. The van der Waals surface area contributed by atoms with Gasteiger partial charge in [0.2, 0.25) is 0 Å². The quantitative estimate of drug-likeness (QED) is 0.821. The second-order valence-corrected chi connectivity index (χ2v) is 7.19. The first-order valence-corrected chi connectivity index (χ1v) is 9.59. The molecule has 6 nitrogen and oxygen atoms in total. The van der Waals surface area contributed by atoms with Gasteiger partial charge in [0.15, 0.2) is 5.11 Å². The van der Waals surface area contributed by atoms with E-state index in [1.807, 2.05) is 35.2 Å². The van der Waals surface area contributed by atoms with E-state index < -0.39 is 0 Å². The van der Waals surface area contributed by atoms with Gasteiger partial charge >= 0.3 is 6.09 Å². The van der Waals surface area contributed by atoms with Gasteiger partial charge in [-0.15, -0.1) is 0 Å². The number of carbonyl (C=O) groups excluding carboxylic acids is 1. The minimum atomic E-state index is -0.210. The number of rotatable bonds is 3. The molecule has 0 saturated carbocycles. The largest absolute Gasteiger partial charge is 0.447 e. The van der Waals surface area contributed by atoms with E-state index in [2.05, 4.69) is 27.3 Å². The zero-order valence-corrected chi connectivity index (χ0v) is 15.8. The topological polar surface area (TPSA) is 57.7 Å². The number of hydrogen-bond donors (Lipinski definition) is 1. The van der Waals surface area contributed by atoms with E-state index in [0.29, 0.717) is 11.7 Å². The molecule has 1 aromatic heterocycles. The Labute approximate surface area is 164 Å². The minimum Gasteiger partial charge on any atom is -0.447 e. The molecule has 0 unspecified atom stereocenters. The van der Waals surface area contributed by atoms with Crippen LogP contribution >= 0.6 is 12.2 Å². The van der Waals surface area contributed by atoms with E-state index in [0.717, 1.165) is 37.2 Å². The molecule has 1 N–H and O–H groups in total. The summed E-state index contributed by atoms with van der Waals surface area (Å²) >= 11 is 5.53. The number of thiocarbonyl (C=S) groups is 1. The van der Waals surface area contributed by atoms with Gasteiger partial charge in [0.1, 0.15) is 6.61 Å². The number of nitrogens with zero attached hydrogens (tertiary/aromatic N) is 3. The number of aromatic nitrogens is 1. The lowest BCUT2D eigenvalue weighted by molar-refractivity contribution is 0.123. The molecule has 1 atom stereocenters. The lowest BCUT2D eigenvalue weighted by atomic mass is 9.99. The van der Waals surface area contributed by atoms with Gasteiger partial charge in [-0.05, 0) is 42.8 Å². The molecule has 7 heteroatoms. The molecule has 2 saturated heterocycles. The number of piperidine rings is 1. The van der Waals surface area contributed by atoms with Crippen molar-refractivity contribution in [3.63, 3.8) is 0 Å². The van der Waals surface area contributed by atoms with E-state index >= 15 is 0 Å².